The van der Waals surface area contributed by atoms with Crippen LogP contribution in [0.3, 0.4) is 0 Å². The molecule has 2 unspecified atom stereocenters. The van der Waals surface area contributed by atoms with E-state index in [9.17, 15) is 9.90 Å². The maximum atomic E-state index is 13.4. The fourth-order valence-corrected chi connectivity index (χ4v) is 9.49. The van der Waals surface area contributed by atoms with Crippen LogP contribution in [0.15, 0.2) is 27.9 Å². The zero-order valence-corrected chi connectivity index (χ0v) is 21.9. The van der Waals surface area contributed by atoms with Gasteiger partial charge in [0, 0.05) is 5.92 Å². The summed E-state index contributed by atoms with van der Waals surface area (Å²) < 4.78 is 5.61. The molecule has 1 aromatic rings. The van der Waals surface area contributed by atoms with Gasteiger partial charge in [-0.3, -0.25) is 4.79 Å². The molecule has 0 radical (unpaired) electrons. The number of aliphatic hydroxyl groups is 1. The first-order chi connectivity index (χ1) is 15.4. The Balaban J connectivity index is 1.50. The molecule has 0 aliphatic heterocycles. The lowest BCUT2D eigenvalue weighted by Crippen LogP contribution is -2.55. The van der Waals surface area contributed by atoms with E-state index in [-0.39, 0.29) is 39.5 Å². The van der Waals surface area contributed by atoms with E-state index in [0.29, 0.717) is 17.6 Å². The molecule has 3 nitrogen and oxygen atoms in total. The number of carbonyl (C=O) groups is 1. The standard InChI is InChI=1S/C30H44O3/c1-18-16-23(33-17-18)26(32)19(2)20-10-14-30(7)22-8-9-24-27(3,4)25(31)12-13-28(24,5)21(22)11-15-29(20,30)6/h16-17,19-20,24-25,31H,8-15H2,1-7H3/t19?,20-,24?,25-,28+,29-,30+/m0/s1. The highest BCUT2D eigenvalue weighted by Crippen LogP contribution is 2.72. The predicted octanol–water partition coefficient (Wildman–Crippen LogP) is 7.52. The van der Waals surface area contributed by atoms with Crippen molar-refractivity contribution in [2.75, 3.05) is 0 Å². The van der Waals surface area contributed by atoms with Crippen LogP contribution in [0.25, 0.3) is 0 Å². The third-order valence-electron chi connectivity index (χ3n) is 11.8. The van der Waals surface area contributed by atoms with Crippen molar-refractivity contribution in [3.8, 4) is 0 Å². The predicted molar refractivity (Wildman–Crippen MR) is 132 cm³/mol. The van der Waals surface area contributed by atoms with E-state index < -0.39 is 0 Å². The summed E-state index contributed by atoms with van der Waals surface area (Å²) in [6, 6.07) is 1.90. The summed E-state index contributed by atoms with van der Waals surface area (Å²) in [6.45, 7) is 16.3. The van der Waals surface area contributed by atoms with Gasteiger partial charge in [0.1, 0.15) is 0 Å². The van der Waals surface area contributed by atoms with Crippen LogP contribution in [0.1, 0.15) is 109 Å². The highest BCUT2D eigenvalue weighted by molar-refractivity contribution is 5.95. The van der Waals surface area contributed by atoms with E-state index in [1.54, 1.807) is 17.4 Å². The van der Waals surface area contributed by atoms with E-state index in [2.05, 4.69) is 41.5 Å². The molecule has 0 amide bonds. The molecule has 2 fully saturated rings. The molecule has 4 aliphatic rings. The van der Waals surface area contributed by atoms with Gasteiger partial charge in [0.15, 0.2) is 5.76 Å². The number of Topliss-reactive ketones (excluding diaryl/α,β-unsaturated/α-hetero) is 1. The molecule has 1 heterocycles. The van der Waals surface area contributed by atoms with Gasteiger partial charge in [-0.15, -0.1) is 0 Å². The molecule has 1 N–H and O–H groups in total. The average Bonchev–Trinajstić information content (AvgIpc) is 3.31. The van der Waals surface area contributed by atoms with Gasteiger partial charge < -0.3 is 9.52 Å². The maximum absolute atomic E-state index is 13.4. The summed E-state index contributed by atoms with van der Waals surface area (Å²) in [7, 11) is 0. The largest absolute Gasteiger partial charge is 0.461 e. The Bertz CT molecular complexity index is 998. The molecular weight excluding hydrogens is 408 g/mol. The number of hydrogen-bond donors (Lipinski definition) is 1. The fourth-order valence-electron chi connectivity index (χ4n) is 9.49. The number of aryl methyl sites for hydroxylation is 1. The van der Waals surface area contributed by atoms with Crippen molar-refractivity contribution in [2.24, 2.45) is 39.4 Å². The summed E-state index contributed by atoms with van der Waals surface area (Å²) in [6.07, 6.45) is 10.6. The van der Waals surface area contributed by atoms with Crippen molar-refractivity contribution in [2.45, 2.75) is 106 Å². The molecule has 4 aliphatic carbocycles. The highest BCUT2D eigenvalue weighted by atomic mass is 16.3. The first-order valence-corrected chi connectivity index (χ1v) is 13.4. The van der Waals surface area contributed by atoms with Crippen molar-refractivity contribution < 1.29 is 14.3 Å². The maximum Gasteiger partial charge on any atom is 0.201 e. The second-order valence-corrected chi connectivity index (χ2v) is 13.4. The summed E-state index contributed by atoms with van der Waals surface area (Å²) in [5, 5.41) is 10.8. The Kier molecular flexibility index (Phi) is 5.19. The van der Waals surface area contributed by atoms with Crippen LogP contribution in [-0.2, 0) is 0 Å². The molecule has 0 bridgehead atoms. The van der Waals surface area contributed by atoms with Gasteiger partial charge in [-0.25, -0.2) is 0 Å². The number of aliphatic hydroxyl groups excluding tert-OH is 1. The number of furan rings is 1. The van der Waals surface area contributed by atoms with E-state index in [4.69, 9.17) is 4.42 Å². The Morgan fingerprint density at radius 2 is 1.76 bits per heavy atom. The Morgan fingerprint density at radius 3 is 2.42 bits per heavy atom. The monoisotopic (exact) mass is 452 g/mol. The van der Waals surface area contributed by atoms with Crippen LogP contribution in [0.2, 0.25) is 0 Å². The smallest absolute Gasteiger partial charge is 0.201 e. The van der Waals surface area contributed by atoms with Crippen molar-refractivity contribution in [1.29, 1.82) is 0 Å². The third kappa shape index (κ3) is 3.00. The van der Waals surface area contributed by atoms with Crippen LogP contribution < -0.4 is 0 Å². The summed E-state index contributed by atoms with van der Waals surface area (Å²) in [4.78, 5) is 13.4. The zero-order chi connectivity index (χ0) is 24.0. The molecule has 33 heavy (non-hydrogen) atoms. The normalized spacial score (nSPS) is 43.0. The fraction of sp³-hybridized carbons (Fsp3) is 0.767. The number of rotatable bonds is 3. The number of allylic oxidation sites excluding steroid dienone is 2. The molecule has 182 valence electrons. The SMILES string of the molecule is Cc1coc(C(=O)C(C)[C@@H]2CC[C@]3(C)C4=C(CC[C@@]23C)[C@@]2(C)CC[C@H](O)C(C)(C)C2CC4)c1. The molecule has 0 aromatic carbocycles. The average molecular weight is 453 g/mol. The van der Waals surface area contributed by atoms with Gasteiger partial charge in [0.2, 0.25) is 5.78 Å². The van der Waals surface area contributed by atoms with Crippen molar-refractivity contribution in [3.05, 3.63) is 34.8 Å². The lowest BCUT2D eigenvalue weighted by molar-refractivity contribution is -0.0960. The Morgan fingerprint density at radius 1 is 1.03 bits per heavy atom. The van der Waals surface area contributed by atoms with Gasteiger partial charge in [-0.1, -0.05) is 52.7 Å². The molecule has 3 heteroatoms. The highest BCUT2D eigenvalue weighted by Gasteiger charge is 2.63. The number of fused-ring (bicyclic) bond motifs is 4. The minimum absolute atomic E-state index is 0.0137. The number of carbonyl (C=O) groups excluding carboxylic acids is 1. The lowest BCUT2D eigenvalue weighted by Gasteiger charge is -2.62. The Hall–Kier alpha value is -1.35. The first kappa shape index (κ1) is 23.4. The molecule has 0 saturated heterocycles. The van der Waals surface area contributed by atoms with Crippen LogP contribution in [-0.4, -0.2) is 17.0 Å². The van der Waals surface area contributed by atoms with Gasteiger partial charge in [0.05, 0.1) is 12.4 Å². The van der Waals surface area contributed by atoms with Gasteiger partial charge in [-0.05, 0) is 103 Å². The summed E-state index contributed by atoms with van der Waals surface area (Å²) >= 11 is 0. The lowest BCUT2D eigenvalue weighted by atomic mass is 9.43. The molecule has 5 rings (SSSR count). The number of ketones is 1. The minimum Gasteiger partial charge on any atom is -0.461 e. The van der Waals surface area contributed by atoms with Crippen LogP contribution >= 0.6 is 0 Å². The van der Waals surface area contributed by atoms with E-state index in [1.807, 2.05) is 13.0 Å². The van der Waals surface area contributed by atoms with Crippen LogP contribution in [0.5, 0.6) is 0 Å². The first-order valence-electron chi connectivity index (χ1n) is 13.4. The van der Waals surface area contributed by atoms with Crippen molar-refractivity contribution in [3.63, 3.8) is 0 Å². The van der Waals surface area contributed by atoms with Crippen molar-refractivity contribution in [1.82, 2.24) is 0 Å². The topological polar surface area (TPSA) is 50.4 Å². The zero-order valence-electron chi connectivity index (χ0n) is 21.9. The molecule has 0 spiro atoms. The third-order valence-corrected chi connectivity index (χ3v) is 11.8. The van der Waals surface area contributed by atoms with E-state index >= 15 is 0 Å². The quantitative estimate of drug-likeness (QED) is 0.381. The second-order valence-electron chi connectivity index (χ2n) is 13.4. The van der Waals surface area contributed by atoms with Gasteiger partial charge in [-0.2, -0.15) is 0 Å². The molecule has 2 saturated carbocycles. The summed E-state index contributed by atoms with van der Waals surface area (Å²) in [5.74, 6) is 1.64. The molecule has 7 atom stereocenters. The van der Waals surface area contributed by atoms with Crippen LogP contribution in [0, 0.1) is 46.3 Å². The van der Waals surface area contributed by atoms with Crippen molar-refractivity contribution >= 4 is 5.78 Å². The minimum atomic E-state index is -0.185. The molecule has 1 aromatic heterocycles. The van der Waals surface area contributed by atoms with E-state index in [0.717, 1.165) is 31.2 Å². The van der Waals surface area contributed by atoms with Gasteiger partial charge in [0.25, 0.3) is 0 Å². The summed E-state index contributed by atoms with van der Waals surface area (Å²) in [5.41, 5.74) is 5.01. The second kappa shape index (κ2) is 7.33. The van der Waals surface area contributed by atoms with Crippen LogP contribution in [0.4, 0.5) is 0 Å². The van der Waals surface area contributed by atoms with E-state index in [1.165, 1.54) is 25.7 Å². The van der Waals surface area contributed by atoms with Gasteiger partial charge >= 0.3 is 0 Å². The Labute approximate surface area is 200 Å². The number of hydrogen-bond acceptors (Lipinski definition) is 3. The molecular formula is C30H44O3.